The molecule has 0 amide bonds. The van der Waals surface area contributed by atoms with Crippen LogP contribution in [0.5, 0.6) is 0 Å². The average molecular weight is 304 g/mol. The van der Waals surface area contributed by atoms with Crippen LogP contribution in [-0.4, -0.2) is 53.0 Å². The van der Waals surface area contributed by atoms with Crippen LogP contribution in [0.2, 0.25) is 0 Å². The van der Waals surface area contributed by atoms with E-state index >= 15 is 0 Å². The molecule has 0 bridgehead atoms. The average Bonchev–Trinajstić information content (AvgIpc) is 2.41. The monoisotopic (exact) mass is 304 g/mol. The van der Waals surface area contributed by atoms with Crippen molar-refractivity contribution in [2.45, 2.75) is 13.3 Å². The number of aliphatic carboxylic acids is 2. The van der Waals surface area contributed by atoms with E-state index in [1.165, 1.54) is 25.2 Å². The SMILES string of the molecule is CC1(C(=O)O)C=CC=C(C(=O)O)C1.CO[SiH](OC)OC. The number of carboxylic acid groups (broad SMARTS) is 2. The Morgan fingerprint density at radius 3 is 2.00 bits per heavy atom. The summed E-state index contributed by atoms with van der Waals surface area (Å²) < 4.78 is 14.2. The lowest BCUT2D eigenvalue weighted by Crippen LogP contribution is -2.28. The third-order valence-electron chi connectivity index (χ3n) is 2.66. The number of hydrogen-bond acceptors (Lipinski definition) is 5. The Kier molecular flexibility index (Phi) is 8.00. The van der Waals surface area contributed by atoms with Crippen molar-refractivity contribution in [3.05, 3.63) is 23.8 Å². The first-order chi connectivity index (χ1) is 9.30. The van der Waals surface area contributed by atoms with Gasteiger partial charge in [0.25, 0.3) is 0 Å². The van der Waals surface area contributed by atoms with Crippen LogP contribution in [0.1, 0.15) is 13.3 Å². The van der Waals surface area contributed by atoms with E-state index in [9.17, 15) is 9.59 Å². The van der Waals surface area contributed by atoms with Gasteiger partial charge in [-0.1, -0.05) is 18.2 Å². The van der Waals surface area contributed by atoms with Gasteiger partial charge in [-0.15, -0.1) is 0 Å². The molecule has 1 atom stereocenters. The molecule has 0 aromatic carbocycles. The molecule has 114 valence electrons. The largest absolute Gasteiger partial charge is 0.483 e. The molecule has 0 spiro atoms. The van der Waals surface area contributed by atoms with Crippen molar-refractivity contribution in [1.82, 2.24) is 0 Å². The highest BCUT2D eigenvalue weighted by atomic mass is 28.3. The fraction of sp³-hybridized carbons (Fsp3) is 0.500. The quantitative estimate of drug-likeness (QED) is 0.720. The molecule has 7 nitrogen and oxygen atoms in total. The normalized spacial score (nSPS) is 20.9. The minimum absolute atomic E-state index is 0.0359. The summed E-state index contributed by atoms with van der Waals surface area (Å²) in [6, 6.07) is 0. The Morgan fingerprint density at radius 1 is 1.20 bits per heavy atom. The second-order valence-electron chi connectivity index (χ2n) is 4.25. The molecular formula is C12H20O7Si. The molecule has 0 aliphatic heterocycles. The summed E-state index contributed by atoms with van der Waals surface area (Å²) >= 11 is 0. The van der Waals surface area contributed by atoms with Crippen molar-refractivity contribution in [2.75, 3.05) is 21.3 Å². The zero-order valence-electron chi connectivity index (χ0n) is 12.0. The third kappa shape index (κ3) is 5.66. The van der Waals surface area contributed by atoms with Crippen molar-refractivity contribution >= 4 is 21.5 Å². The lowest BCUT2D eigenvalue weighted by Gasteiger charge is -2.23. The first-order valence-corrected chi connectivity index (χ1v) is 7.15. The van der Waals surface area contributed by atoms with E-state index in [4.69, 9.17) is 23.5 Å². The van der Waals surface area contributed by atoms with Crippen LogP contribution in [0.25, 0.3) is 0 Å². The maximum atomic E-state index is 10.8. The summed E-state index contributed by atoms with van der Waals surface area (Å²) in [6.07, 6.45) is 4.43. The molecule has 0 saturated heterocycles. The van der Waals surface area contributed by atoms with Crippen molar-refractivity contribution in [3.8, 4) is 0 Å². The number of allylic oxidation sites excluding steroid dienone is 2. The summed E-state index contributed by atoms with van der Waals surface area (Å²) in [6.45, 7) is 1.50. The Bertz CT molecular complexity index is 395. The van der Waals surface area contributed by atoms with Gasteiger partial charge in [-0.2, -0.15) is 0 Å². The Balaban J connectivity index is 0.000000441. The Hall–Kier alpha value is -1.48. The first kappa shape index (κ1) is 18.5. The molecule has 0 radical (unpaired) electrons. The summed E-state index contributed by atoms with van der Waals surface area (Å²) in [5.41, 5.74) is -0.949. The van der Waals surface area contributed by atoms with E-state index in [0.717, 1.165) is 0 Å². The van der Waals surface area contributed by atoms with Gasteiger partial charge >= 0.3 is 21.5 Å². The van der Waals surface area contributed by atoms with Crippen LogP contribution in [0, 0.1) is 5.41 Å². The topological polar surface area (TPSA) is 102 Å². The molecule has 0 heterocycles. The van der Waals surface area contributed by atoms with Gasteiger partial charge in [-0.3, -0.25) is 4.79 Å². The molecule has 0 aromatic rings. The van der Waals surface area contributed by atoms with Gasteiger partial charge in [0.05, 0.1) is 5.41 Å². The number of carbonyl (C=O) groups is 2. The second-order valence-corrected chi connectivity index (χ2v) is 6.24. The van der Waals surface area contributed by atoms with Gasteiger partial charge in [0.1, 0.15) is 0 Å². The molecule has 1 rings (SSSR count). The van der Waals surface area contributed by atoms with Crippen LogP contribution in [0.3, 0.4) is 0 Å². The van der Waals surface area contributed by atoms with Crippen molar-refractivity contribution < 1.29 is 33.1 Å². The maximum absolute atomic E-state index is 10.8. The maximum Gasteiger partial charge on any atom is 0.483 e. The van der Waals surface area contributed by atoms with Crippen LogP contribution in [0.15, 0.2) is 23.8 Å². The molecule has 1 aliphatic carbocycles. The van der Waals surface area contributed by atoms with E-state index in [-0.39, 0.29) is 12.0 Å². The van der Waals surface area contributed by atoms with E-state index in [1.807, 2.05) is 0 Å². The van der Waals surface area contributed by atoms with Gasteiger partial charge in [0, 0.05) is 26.9 Å². The van der Waals surface area contributed by atoms with E-state index < -0.39 is 26.9 Å². The van der Waals surface area contributed by atoms with Crippen LogP contribution >= 0.6 is 0 Å². The predicted molar refractivity (Wildman–Crippen MR) is 73.4 cm³/mol. The molecule has 0 aromatic heterocycles. The van der Waals surface area contributed by atoms with Gasteiger partial charge in [-0.25, -0.2) is 4.79 Å². The first-order valence-electron chi connectivity index (χ1n) is 5.74. The van der Waals surface area contributed by atoms with Gasteiger partial charge in [-0.05, 0) is 13.3 Å². The summed E-state index contributed by atoms with van der Waals surface area (Å²) in [7, 11) is 3.05. The third-order valence-corrected chi connectivity index (χ3v) is 3.81. The Labute approximate surface area is 119 Å². The molecule has 1 aliphatic rings. The molecule has 0 saturated carbocycles. The van der Waals surface area contributed by atoms with E-state index in [0.29, 0.717) is 0 Å². The fourth-order valence-electron chi connectivity index (χ4n) is 1.47. The molecular weight excluding hydrogens is 284 g/mol. The van der Waals surface area contributed by atoms with Gasteiger partial charge < -0.3 is 23.5 Å². The van der Waals surface area contributed by atoms with Gasteiger partial charge in [0.15, 0.2) is 0 Å². The van der Waals surface area contributed by atoms with Gasteiger partial charge in [0.2, 0.25) is 0 Å². The Morgan fingerprint density at radius 2 is 1.70 bits per heavy atom. The lowest BCUT2D eigenvalue weighted by atomic mass is 9.80. The zero-order valence-corrected chi connectivity index (χ0v) is 13.1. The summed E-state index contributed by atoms with van der Waals surface area (Å²) in [5.74, 6) is -2.06. The second kappa shape index (κ2) is 8.64. The van der Waals surface area contributed by atoms with Crippen molar-refractivity contribution in [3.63, 3.8) is 0 Å². The summed E-state index contributed by atoms with van der Waals surface area (Å²) in [5, 5.41) is 17.5. The fourth-order valence-corrected chi connectivity index (χ4v) is 2.05. The molecule has 2 N–H and O–H groups in total. The molecule has 0 fully saturated rings. The van der Waals surface area contributed by atoms with Crippen LogP contribution in [0.4, 0.5) is 0 Å². The molecule has 8 heteroatoms. The minimum atomic E-state index is -1.67. The van der Waals surface area contributed by atoms with Crippen LogP contribution < -0.4 is 0 Å². The molecule has 20 heavy (non-hydrogen) atoms. The lowest BCUT2D eigenvalue weighted by molar-refractivity contribution is -0.145. The smallest absolute Gasteiger partial charge is 0.481 e. The standard InChI is InChI=1S/C9H10O4.C3H10O3Si/c1-9(8(12)13)4-2-3-6(5-9)7(10)11;1-4-7(5-2)6-3/h2-4H,5H2,1H3,(H,10,11)(H,12,13);7H,1-3H3. The van der Waals surface area contributed by atoms with Crippen molar-refractivity contribution in [2.24, 2.45) is 5.41 Å². The highest BCUT2D eigenvalue weighted by Crippen LogP contribution is 2.31. The highest BCUT2D eigenvalue weighted by molar-refractivity contribution is 6.36. The number of hydrogen-bond donors (Lipinski definition) is 2. The number of carboxylic acids is 2. The molecule has 1 unspecified atom stereocenters. The van der Waals surface area contributed by atoms with Crippen LogP contribution in [-0.2, 0) is 22.9 Å². The van der Waals surface area contributed by atoms with E-state index in [2.05, 4.69) is 0 Å². The minimum Gasteiger partial charge on any atom is -0.481 e. The highest BCUT2D eigenvalue weighted by Gasteiger charge is 2.34. The zero-order chi connectivity index (χ0) is 15.8. The number of rotatable bonds is 5. The van der Waals surface area contributed by atoms with Crippen molar-refractivity contribution in [1.29, 1.82) is 0 Å². The summed E-state index contributed by atoms with van der Waals surface area (Å²) in [4.78, 5) is 21.3. The predicted octanol–water partition coefficient (Wildman–Crippen LogP) is 0.691. The van der Waals surface area contributed by atoms with E-state index in [1.54, 1.807) is 21.3 Å².